The molecule has 1 amide bonds. The number of benzene rings is 1. The molecule has 3 atom stereocenters. The van der Waals surface area contributed by atoms with Crippen molar-refractivity contribution in [2.45, 2.75) is 52.2 Å². The zero-order valence-corrected chi connectivity index (χ0v) is 15.5. The van der Waals surface area contributed by atoms with Crippen LogP contribution in [0.5, 0.6) is 0 Å². The van der Waals surface area contributed by atoms with E-state index in [0.717, 1.165) is 25.1 Å². The summed E-state index contributed by atoms with van der Waals surface area (Å²) in [4.78, 5) is 14.7. The van der Waals surface area contributed by atoms with Crippen LogP contribution in [0, 0.1) is 20.8 Å². The van der Waals surface area contributed by atoms with Gasteiger partial charge >= 0.3 is 0 Å². The van der Waals surface area contributed by atoms with Crippen LogP contribution in [0.1, 0.15) is 29.5 Å². The zero-order valence-electron chi connectivity index (χ0n) is 15.5. The molecule has 0 saturated carbocycles. The molecule has 0 spiro atoms. The number of nitrogens with zero attached hydrogens (tertiary/aromatic N) is 2. The summed E-state index contributed by atoms with van der Waals surface area (Å²) in [7, 11) is 0. The lowest BCUT2D eigenvalue weighted by Crippen LogP contribution is -2.68. The number of aliphatic hydroxyl groups excluding tert-OH is 1. The van der Waals surface area contributed by atoms with Crippen LogP contribution >= 0.6 is 0 Å². The summed E-state index contributed by atoms with van der Waals surface area (Å²) in [5, 5.41) is 18.3. The maximum atomic E-state index is 12.6. The van der Waals surface area contributed by atoms with E-state index in [1.165, 1.54) is 16.7 Å². The first-order valence-corrected chi connectivity index (χ1v) is 9.26. The summed E-state index contributed by atoms with van der Waals surface area (Å²) in [6.45, 7) is 7.70. The highest BCUT2D eigenvalue weighted by Gasteiger charge is 2.39. The summed E-state index contributed by atoms with van der Waals surface area (Å²) in [6, 6.07) is 4.30. The van der Waals surface area contributed by atoms with E-state index in [9.17, 15) is 9.90 Å². The number of anilines is 1. The lowest BCUT2D eigenvalue weighted by molar-refractivity contribution is -0.123. The van der Waals surface area contributed by atoms with Crippen LogP contribution in [0.15, 0.2) is 23.9 Å². The molecule has 2 saturated heterocycles. The summed E-state index contributed by atoms with van der Waals surface area (Å²) >= 11 is 0. The predicted molar refractivity (Wildman–Crippen MR) is 100 cm³/mol. The molecule has 7 heteroatoms. The Morgan fingerprint density at radius 2 is 1.92 bits per heavy atom. The van der Waals surface area contributed by atoms with Gasteiger partial charge in [-0.1, -0.05) is 17.7 Å². The molecule has 0 aliphatic carbocycles. The molecule has 3 unspecified atom stereocenters. The smallest absolute Gasteiger partial charge is 0.254 e. The number of nitrogens with one attached hydrogen (secondary N) is 3. The number of likely N-dealkylation sites (tertiary alicyclic amines) is 1. The van der Waals surface area contributed by atoms with Crippen LogP contribution in [-0.4, -0.2) is 47.6 Å². The van der Waals surface area contributed by atoms with Gasteiger partial charge in [0.05, 0.1) is 17.4 Å². The number of aliphatic hydroxyl groups is 1. The summed E-state index contributed by atoms with van der Waals surface area (Å²) in [5.41, 5.74) is 8.73. The van der Waals surface area contributed by atoms with E-state index >= 15 is 0 Å². The molecule has 7 nitrogen and oxygen atoms in total. The Bertz CT molecular complexity index is 739. The SMILES string of the molecule is Cc1cc(C)c(N2C=C3C(=O)NC(N4CCCC(O)C4)NC3N2)c(C)c1. The van der Waals surface area contributed by atoms with Gasteiger partial charge in [0.15, 0.2) is 0 Å². The quantitative estimate of drug-likeness (QED) is 0.621. The minimum absolute atomic E-state index is 0.0729. The van der Waals surface area contributed by atoms with Crippen molar-refractivity contribution < 1.29 is 9.90 Å². The third-order valence-electron chi connectivity index (χ3n) is 5.37. The predicted octanol–water partition coefficient (Wildman–Crippen LogP) is 0.606. The van der Waals surface area contributed by atoms with Gasteiger partial charge in [0.1, 0.15) is 12.5 Å². The van der Waals surface area contributed by atoms with Crippen LogP contribution in [0.2, 0.25) is 0 Å². The molecule has 26 heavy (non-hydrogen) atoms. The van der Waals surface area contributed by atoms with Gasteiger partial charge in [-0.2, -0.15) is 0 Å². The van der Waals surface area contributed by atoms with Crippen LogP contribution in [-0.2, 0) is 4.79 Å². The molecule has 3 heterocycles. The fourth-order valence-electron chi connectivity index (χ4n) is 4.28. The topological polar surface area (TPSA) is 79.9 Å². The molecule has 1 aromatic carbocycles. The first-order chi connectivity index (χ1) is 12.4. The van der Waals surface area contributed by atoms with Crippen molar-refractivity contribution in [1.82, 2.24) is 21.0 Å². The summed E-state index contributed by atoms with van der Waals surface area (Å²) < 4.78 is 0. The minimum atomic E-state index is -0.328. The number of amides is 1. The van der Waals surface area contributed by atoms with Crippen molar-refractivity contribution in [2.24, 2.45) is 0 Å². The first kappa shape index (κ1) is 17.5. The molecule has 2 fully saturated rings. The van der Waals surface area contributed by atoms with Crippen molar-refractivity contribution in [1.29, 1.82) is 0 Å². The Kier molecular flexibility index (Phi) is 4.48. The number of carbonyl (C=O) groups excluding carboxylic acids is 1. The lowest BCUT2D eigenvalue weighted by Gasteiger charge is -2.41. The fraction of sp³-hybridized carbons (Fsp3) is 0.526. The van der Waals surface area contributed by atoms with E-state index in [4.69, 9.17) is 0 Å². The molecule has 0 bridgehead atoms. The maximum absolute atomic E-state index is 12.6. The van der Waals surface area contributed by atoms with E-state index in [-0.39, 0.29) is 24.5 Å². The molecule has 4 rings (SSSR count). The van der Waals surface area contributed by atoms with Crippen molar-refractivity contribution >= 4 is 11.6 Å². The van der Waals surface area contributed by atoms with Gasteiger partial charge in [-0.3, -0.25) is 20.0 Å². The Morgan fingerprint density at radius 1 is 1.19 bits per heavy atom. The van der Waals surface area contributed by atoms with Gasteiger partial charge < -0.3 is 10.4 Å². The van der Waals surface area contributed by atoms with Crippen molar-refractivity contribution in [3.63, 3.8) is 0 Å². The van der Waals surface area contributed by atoms with Crippen molar-refractivity contribution in [2.75, 3.05) is 18.1 Å². The highest BCUT2D eigenvalue weighted by atomic mass is 16.3. The summed E-state index contributed by atoms with van der Waals surface area (Å²) in [5.74, 6) is -0.0729. The van der Waals surface area contributed by atoms with E-state index in [2.05, 4.69) is 53.9 Å². The monoisotopic (exact) mass is 357 g/mol. The summed E-state index contributed by atoms with van der Waals surface area (Å²) in [6.07, 6.45) is 2.79. The van der Waals surface area contributed by atoms with E-state index in [0.29, 0.717) is 12.1 Å². The zero-order chi connectivity index (χ0) is 18.4. The standard InChI is InChI=1S/C19H27N5O2/c1-11-7-12(2)16(13(3)8-11)24-10-15-17(22-24)20-19(21-18(15)26)23-6-4-5-14(25)9-23/h7-8,10,14,17,19-20,22,25H,4-6,9H2,1-3H3,(H,21,26). The number of hydrazine groups is 1. The number of carbonyl (C=O) groups is 1. The number of aryl methyl sites for hydroxylation is 3. The number of rotatable bonds is 2. The van der Waals surface area contributed by atoms with Crippen LogP contribution in [0.25, 0.3) is 0 Å². The molecule has 0 aromatic heterocycles. The van der Waals surface area contributed by atoms with Gasteiger partial charge in [-0.15, -0.1) is 0 Å². The molecule has 0 radical (unpaired) electrons. The van der Waals surface area contributed by atoms with Gasteiger partial charge in [0.25, 0.3) is 5.91 Å². The Hall–Kier alpha value is -1.93. The normalized spacial score (nSPS) is 29.4. The lowest BCUT2D eigenvalue weighted by atomic mass is 10.0. The second kappa shape index (κ2) is 6.66. The van der Waals surface area contributed by atoms with Gasteiger partial charge in [0, 0.05) is 19.3 Å². The van der Waals surface area contributed by atoms with Gasteiger partial charge in [-0.05, 0) is 44.7 Å². The van der Waals surface area contributed by atoms with Crippen LogP contribution < -0.4 is 21.1 Å². The Morgan fingerprint density at radius 3 is 2.62 bits per heavy atom. The average molecular weight is 357 g/mol. The fourth-order valence-corrected chi connectivity index (χ4v) is 4.28. The third kappa shape index (κ3) is 3.12. The molecule has 1 aromatic rings. The number of piperidine rings is 1. The van der Waals surface area contributed by atoms with Crippen molar-refractivity contribution in [3.05, 3.63) is 40.6 Å². The largest absolute Gasteiger partial charge is 0.392 e. The molecule has 3 aliphatic rings. The Labute approximate surface area is 154 Å². The third-order valence-corrected chi connectivity index (χ3v) is 5.37. The number of hydrogen-bond acceptors (Lipinski definition) is 6. The maximum Gasteiger partial charge on any atom is 0.254 e. The second-order valence-corrected chi connectivity index (χ2v) is 7.60. The van der Waals surface area contributed by atoms with Gasteiger partial charge in [-0.25, -0.2) is 5.43 Å². The molecule has 140 valence electrons. The van der Waals surface area contributed by atoms with Crippen LogP contribution in [0.4, 0.5) is 5.69 Å². The molecule has 4 N–H and O–H groups in total. The molecular formula is C19H27N5O2. The highest BCUT2D eigenvalue weighted by molar-refractivity contribution is 5.96. The molecule has 3 aliphatic heterocycles. The number of fused-ring (bicyclic) bond motifs is 1. The molecular weight excluding hydrogens is 330 g/mol. The Balaban J connectivity index is 1.54. The van der Waals surface area contributed by atoms with E-state index < -0.39 is 0 Å². The number of hydrogen-bond donors (Lipinski definition) is 4. The highest BCUT2D eigenvalue weighted by Crippen LogP contribution is 2.29. The minimum Gasteiger partial charge on any atom is -0.392 e. The van der Waals surface area contributed by atoms with Crippen LogP contribution in [0.3, 0.4) is 0 Å². The van der Waals surface area contributed by atoms with E-state index in [1.807, 2.05) is 11.2 Å². The first-order valence-electron chi connectivity index (χ1n) is 9.26. The second-order valence-electron chi connectivity index (χ2n) is 7.60. The van der Waals surface area contributed by atoms with Gasteiger partial charge in [0.2, 0.25) is 0 Å². The van der Waals surface area contributed by atoms with E-state index in [1.54, 1.807) is 0 Å². The average Bonchev–Trinajstić information content (AvgIpc) is 2.98. The number of β-amino-alcohol motifs (C(OH)–C–C–N with tert-alkyl or cyclic N) is 1. The van der Waals surface area contributed by atoms with Crippen molar-refractivity contribution in [3.8, 4) is 0 Å².